The number of aliphatic hydroxyl groups is 1. The lowest BCUT2D eigenvalue weighted by Gasteiger charge is -2.37. The lowest BCUT2D eigenvalue weighted by molar-refractivity contribution is 0.0690. The van der Waals surface area contributed by atoms with Gasteiger partial charge in [-0.1, -0.05) is 6.92 Å². The van der Waals surface area contributed by atoms with Gasteiger partial charge in [0.1, 0.15) is 0 Å². The van der Waals surface area contributed by atoms with E-state index in [1.807, 2.05) is 6.92 Å². The summed E-state index contributed by atoms with van der Waals surface area (Å²) in [6, 6.07) is 1.38. The third-order valence-electron chi connectivity index (χ3n) is 3.50. The summed E-state index contributed by atoms with van der Waals surface area (Å²) in [5, 5.41) is 9.37. The van der Waals surface area contributed by atoms with E-state index in [0.29, 0.717) is 12.1 Å². The molecule has 3 heteroatoms. The van der Waals surface area contributed by atoms with Gasteiger partial charge in [-0.25, -0.2) is 0 Å². The number of hydrogen-bond donors (Lipinski definition) is 2. The Morgan fingerprint density at radius 2 is 2.14 bits per heavy atom. The maximum absolute atomic E-state index is 9.37. The minimum Gasteiger partial charge on any atom is -0.395 e. The number of rotatable bonds is 4. The summed E-state index contributed by atoms with van der Waals surface area (Å²) >= 11 is 0. The fraction of sp³-hybridized carbons (Fsp3) is 1.00. The number of hydrogen-bond acceptors (Lipinski definition) is 3. The van der Waals surface area contributed by atoms with E-state index in [4.69, 9.17) is 5.73 Å². The Bertz CT molecular complexity index is 173. The summed E-state index contributed by atoms with van der Waals surface area (Å²) in [6.07, 6.45) is 3.65. The van der Waals surface area contributed by atoms with Crippen molar-refractivity contribution in [3.05, 3.63) is 0 Å². The molecular weight excluding hydrogens is 176 g/mol. The zero-order chi connectivity index (χ0) is 10.7. The molecule has 0 aliphatic carbocycles. The van der Waals surface area contributed by atoms with Crippen LogP contribution in [-0.2, 0) is 0 Å². The molecule has 1 fully saturated rings. The van der Waals surface area contributed by atoms with Crippen LogP contribution >= 0.6 is 0 Å². The minimum atomic E-state index is 0.0506. The van der Waals surface area contributed by atoms with Crippen LogP contribution in [0, 0.1) is 0 Å². The molecule has 1 saturated heterocycles. The van der Waals surface area contributed by atoms with Gasteiger partial charge in [-0.3, -0.25) is 4.90 Å². The van der Waals surface area contributed by atoms with Crippen molar-refractivity contribution < 1.29 is 5.11 Å². The number of aliphatic hydroxyl groups excluding tert-OH is 1. The van der Waals surface area contributed by atoms with Crippen LogP contribution in [0.3, 0.4) is 0 Å². The van der Waals surface area contributed by atoms with E-state index in [2.05, 4.69) is 18.7 Å². The third kappa shape index (κ3) is 2.27. The second kappa shape index (κ2) is 5.10. The Balaban J connectivity index is 2.70. The zero-order valence-corrected chi connectivity index (χ0v) is 9.61. The molecule has 1 rings (SSSR count). The van der Waals surface area contributed by atoms with Crippen LogP contribution in [0.5, 0.6) is 0 Å². The van der Waals surface area contributed by atoms with Crippen molar-refractivity contribution in [2.45, 2.75) is 64.2 Å². The first-order valence-electron chi connectivity index (χ1n) is 5.75. The van der Waals surface area contributed by atoms with Gasteiger partial charge in [0.2, 0.25) is 0 Å². The Morgan fingerprint density at radius 3 is 2.57 bits per heavy atom. The van der Waals surface area contributed by atoms with Gasteiger partial charge in [0.25, 0.3) is 0 Å². The topological polar surface area (TPSA) is 49.5 Å². The first kappa shape index (κ1) is 12.0. The van der Waals surface area contributed by atoms with Crippen molar-refractivity contribution in [2.75, 3.05) is 6.61 Å². The van der Waals surface area contributed by atoms with Gasteiger partial charge >= 0.3 is 0 Å². The van der Waals surface area contributed by atoms with Crippen LogP contribution in [0.2, 0.25) is 0 Å². The summed E-state index contributed by atoms with van der Waals surface area (Å²) in [6.45, 7) is 6.61. The monoisotopic (exact) mass is 200 g/mol. The van der Waals surface area contributed by atoms with Crippen molar-refractivity contribution in [1.82, 2.24) is 4.90 Å². The molecule has 0 radical (unpaired) electrons. The second-order valence-corrected chi connectivity index (χ2v) is 4.54. The molecule has 1 aliphatic rings. The maximum Gasteiger partial charge on any atom is 0.0602 e. The predicted octanol–water partition coefficient (Wildman–Crippen LogP) is 0.957. The molecule has 0 amide bonds. The molecule has 0 aromatic carbocycles. The van der Waals surface area contributed by atoms with Gasteiger partial charge in [0.05, 0.1) is 6.61 Å². The highest BCUT2D eigenvalue weighted by Crippen LogP contribution is 2.28. The van der Waals surface area contributed by atoms with Crippen molar-refractivity contribution in [3.63, 3.8) is 0 Å². The van der Waals surface area contributed by atoms with E-state index in [-0.39, 0.29) is 18.7 Å². The fourth-order valence-corrected chi connectivity index (χ4v) is 2.64. The molecule has 0 spiro atoms. The summed E-state index contributed by atoms with van der Waals surface area (Å²) in [7, 11) is 0. The van der Waals surface area contributed by atoms with Crippen molar-refractivity contribution in [1.29, 1.82) is 0 Å². The van der Waals surface area contributed by atoms with Gasteiger partial charge in [0, 0.05) is 24.2 Å². The fourth-order valence-electron chi connectivity index (χ4n) is 2.64. The van der Waals surface area contributed by atoms with Gasteiger partial charge in [-0.15, -0.1) is 0 Å². The standard InChI is InChI=1S/C11H24N2O/c1-4-10-6-5-8(2)13(10)11(7-14)9(3)12/h8-11,14H,4-7,12H2,1-3H3. The average Bonchev–Trinajstić information content (AvgIpc) is 2.49. The minimum absolute atomic E-state index is 0.0506. The largest absolute Gasteiger partial charge is 0.395 e. The summed E-state index contributed by atoms with van der Waals surface area (Å²) in [4.78, 5) is 2.42. The van der Waals surface area contributed by atoms with Crippen LogP contribution in [-0.4, -0.2) is 40.8 Å². The van der Waals surface area contributed by atoms with Gasteiger partial charge in [-0.2, -0.15) is 0 Å². The summed E-state index contributed by atoms with van der Waals surface area (Å²) in [5.41, 5.74) is 5.90. The molecule has 0 saturated carbocycles. The molecule has 4 unspecified atom stereocenters. The molecule has 0 bridgehead atoms. The molecular formula is C11H24N2O. The van der Waals surface area contributed by atoms with Gasteiger partial charge < -0.3 is 10.8 Å². The molecule has 1 aliphatic heterocycles. The lowest BCUT2D eigenvalue weighted by atomic mass is 10.1. The molecule has 14 heavy (non-hydrogen) atoms. The smallest absolute Gasteiger partial charge is 0.0602 e. The van der Waals surface area contributed by atoms with Crippen LogP contribution in [0.25, 0.3) is 0 Å². The van der Waals surface area contributed by atoms with Gasteiger partial charge in [0.15, 0.2) is 0 Å². The normalized spacial score (nSPS) is 33.2. The SMILES string of the molecule is CCC1CCC(C)N1C(CO)C(C)N. The van der Waals surface area contributed by atoms with Gasteiger partial charge in [-0.05, 0) is 33.1 Å². The molecule has 3 N–H and O–H groups in total. The highest BCUT2D eigenvalue weighted by Gasteiger charge is 2.35. The molecule has 0 aromatic rings. The van der Waals surface area contributed by atoms with E-state index in [1.54, 1.807) is 0 Å². The van der Waals surface area contributed by atoms with E-state index in [0.717, 1.165) is 6.42 Å². The Kier molecular flexibility index (Phi) is 4.35. The number of nitrogens with zero attached hydrogens (tertiary/aromatic N) is 1. The molecule has 1 heterocycles. The zero-order valence-electron chi connectivity index (χ0n) is 9.61. The molecule has 0 aromatic heterocycles. The van der Waals surface area contributed by atoms with E-state index in [9.17, 15) is 5.11 Å². The Hall–Kier alpha value is -0.120. The van der Waals surface area contributed by atoms with E-state index >= 15 is 0 Å². The Morgan fingerprint density at radius 1 is 1.50 bits per heavy atom. The van der Waals surface area contributed by atoms with E-state index < -0.39 is 0 Å². The van der Waals surface area contributed by atoms with E-state index in [1.165, 1.54) is 12.8 Å². The maximum atomic E-state index is 9.37. The highest BCUT2D eigenvalue weighted by atomic mass is 16.3. The number of nitrogens with two attached hydrogens (primary N) is 1. The predicted molar refractivity (Wildman–Crippen MR) is 59.1 cm³/mol. The van der Waals surface area contributed by atoms with Crippen molar-refractivity contribution in [2.24, 2.45) is 5.73 Å². The number of likely N-dealkylation sites (tertiary alicyclic amines) is 1. The van der Waals surface area contributed by atoms with Crippen LogP contribution < -0.4 is 5.73 Å². The van der Waals surface area contributed by atoms with Crippen LogP contribution in [0.15, 0.2) is 0 Å². The second-order valence-electron chi connectivity index (χ2n) is 4.54. The average molecular weight is 200 g/mol. The molecule has 84 valence electrons. The lowest BCUT2D eigenvalue weighted by Crippen LogP contribution is -2.53. The van der Waals surface area contributed by atoms with Crippen molar-refractivity contribution >= 4 is 0 Å². The van der Waals surface area contributed by atoms with Crippen LogP contribution in [0.4, 0.5) is 0 Å². The summed E-state index contributed by atoms with van der Waals surface area (Å²) in [5.74, 6) is 0. The van der Waals surface area contributed by atoms with Crippen LogP contribution in [0.1, 0.15) is 40.0 Å². The Labute approximate surface area is 87.3 Å². The first-order valence-corrected chi connectivity index (χ1v) is 5.75. The first-order chi connectivity index (χ1) is 6.61. The highest BCUT2D eigenvalue weighted by molar-refractivity contribution is 4.92. The molecule has 3 nitrogen and oxygen atoms in total. The quantitative estimate of drug-likeness (QED) is 0.710. The third-order valence-corrected chi connectivity index (χ3v) is 3.50. The van der Waals surface area contributed by atoms with Crippen molar-refractivity contribution in [3.8, 4) is 0 Å². The molecule has 4 atom stereocenters. The summed E-state index contributed by atoms with van der Waals surface area (Å²) < 4.78 is 0.